The Labute approximate surface area is 74.2 Å². The monoisotopic (exact) mass is 170 g/mol. The Bertz CT molecular complexity index is 140. The first-order chi connectivity index (χ1) is 5.79. The second kappa shape index (κ2) is 3.35. The molecule has 2 fully saturated rings. The van der Waals surface area contributed by atoms with E-state index in [2.05, 4.69) is 13.8 Å². The quantitative estimate of drug-likeness (QED) is 0.551. The summed E-state index contributed by atoms with van der Waals surface area (Å²) in [6, 6.07) is 0. The molecule has 0 aromatic carbocycles. The molecule has 12 heavy (non-hydrogen) atoms. The summed E-state index contributed by atoms with van der Waals surface area (Å²) in [7, 11) is 0. The molecule has 0 spiro atoms. The molecule has 0 aromatic rings. The van der Waals surface area contributed by atoms with Crippen LogP contribution in [0.2, 0.25) is 0 Å². The summed E-state index contributed by atoms with van der Waals surface area (Å²) < 4.78 is 11.2. The Balaban J connectivity index is 2.05. The average molecular weight is 170 g/mol. The van der Waals surface area contributed by atoms with E-state index in [4.69, 9.17) is 9.47 Å². The van der Waals surface area contributed by atoms with Crippen LogP contribution >= 0.6 is 0 Å². The van der Waals surface area contributed by atoms with E-state index in [1.807, 2.05) is 0 Å². The summed E-state index contributed by atoms with van der Waals surface area (Å²) in [4.78, 5) is 0. The Kier molecular flexibility index (Phi) is 2.37. The summed E-state index contributed by atoms with van der Waals surface area (Å²) in [6.45, 7) is 7.30. The zero-order valence-corrected chi connectivity index (χ0v) is 7.95. The Morgan fingerprint density at radius 3 is 2.67 bits per heavy atom. The highest BCUT2D eigenvalue weighted by atomic mass is 16.5. The van der Waals surface area contributed by atoms with E-state index >= 15 is 0 Å². The van der Waals surface area contributed by atoms with Crippen LogP contribution < -0.4 is 0 Å². The van der Waals surface area contributed by atoms with Gasteiger partial charge in [-0.15, -0.1) is 0 Å². The highest BCUT2D eigenvalue weighted by Crippen LogP contribution is 2.36. The fourth-order valence-electron chi connectivity index (χ4n) is 2.52. The van der Waals surface area contributed by atoms with Gasteiger partial charge in [0, 0.05) is 19.1 Å². The molecule has 4 atom stereocenters. The van der Waals surface area contributed by atoms with Gasteiger partial charge in [-0.2, -0.15) is 0 Å². The smallest absolute Gasteiger partial charge is 0.0600 e. The van der Waals surface area contributed by atoms with Crippen LogP contribution in [0, 0.1) is 17.8 Å². The van der Waals surface area contributed by atoms with Gasteiger partial charge in [-0.1, -0.05) is 6.92 Å². The van der Waals surface area contributed by atoms with Gasteiger partial charge in [0.2, 0.25) is 0 Å². The summed E-state index contributed by atoms with van der Waals surface area (Å²) in [5.41, 5.74) is 0. The predicted molar refractivity (Wildman–Crippen MR) is 47.0 cm³/mol. The lowest BCUT2D eigenvalue weighted by atomic mass is 9.75. The van der Waals surface area contributed by atoms with E-state index in [0.29, 0.717) is 12.0 Å². The molecule has 0 aliphatic carbocycles. The SMILES string of the molecule is CC1COC(C)C2COCCC12. The summed E-state index contributed by atoms with van der Waals surface area (Å²) in [5.74, 6) is 2.24. The third kappa shape index (κ3) is 1.38. The molecule has 2 nitrogen and oxygen atoms in total. The molecule has 2 heterocycles. The van der Waals surface area contributed by atoms with Crippen LogP contribution in [0.5, 0.6) is 0 Å². The van der Waals surface area contributed by atoms with Crippen LogP contribution in [0.1, 0.15) is 20.3 Å². The lowest BCUT2D eigenvalue weighted by Crippen LogP contribution is -2.45. The van der Waals surface area contributed by atoms with Crippen molar-refractivity contribution in [3.63, 3.8) is 0 Å². The molecular formula is C10H18O2. The van der Waals surface area contributed by atoms with Crippen molar-refractivity contribution in [1.82, 2.24) is 0 Å². The maximum atomic E-state index is 5.68. The van der Waals surface area contributed by atoms with E-state index in [-0.39, 0.29) is 0 Å². The van der Waals surface area contributed by atoms with Crippen molar-refractivity contribution in [3.8, 4) is 0 Å². The van der Waals surface area contributed by atoms with Gasteiger partial charge < -0.3 is 9.47 Å². The normalized spacial score (nSPS) is 48.5. The molecule has 0 amide bonds. The van der Waals surface area contributed by atoms with Crippen molar-refractivity contribution in [2.45, 2.75) is 26.4 Å². The van der Waals surface area contributed by atoms with Gasteiger partial charge in [-0.05, 0) is 25.2 Å². The largest absolute Gasteiger partial charge is 0.381 e. The van der Waals surface area contributed by atoms with Gasteiger partial charge in [0.25, 0.3) is 0 Å². The van der Waals surface area contributed by atoms with Crippen LogP contribution in [-0.4, -0.2) is 25.9 Å². The number of hydrogen-bond donors (Lipinski definition) is 0. The zero-order chi connectivity index (χ0) is 8.55. The summed E-state index contributed by atoms with van der Waals surface area (Å²) in [5, 5.41) is 0. The molecule has 0 radical (unpaired) electrons. The first-order valence-corrected chi connectivity index (χ1v) is 4.98. The lowest BCUT2D eigenvalue weighted by Gasteiger charge is -2.43. The van der Waals surface area contributed by atoms with Crippen molar-refractivity contribution >= 4 is 0 Å². The number of rotatable bonds is 0. The average Bonchev–Trinajstić information content (AvgIpc) is 2.12. The fraction of sp³-hybridized carbons (Fsp3) is 1.00. The van der Waals surface area contributed by atoms with Crippen LogP contribution in [0.3, 0.4) is 0 Å². The fourth-order valence-corrected chi connectivity index (χ4v) is 2.52. The minimum atomic E-state index is 0.409. The van der Waals surface area contributed by atoms with Crippen LogP contribution in [0.25, 0.3) is 0 Å². The second-order valence-electron chi connectivity index (χ2n) is 4.21. The maximum absolute atomic E-state index is 5.68. The molecule has 0 N–H and O–H groups in total. The van der Waals surface area contributed by atoms with Crippen molar-refractivity contribution in [3.05, 3.63) is 0 Å². The summed E-state index contributed by atoms with van der Waals surface area (Å²) >= 11 is 0. The van der Waals surface area contributed by atoms with Crippen LogP contribution in [0.4, 0.5) is 0 Å². The first kappa shape index (κ1) is 8.52. The van der Waals surface area contributed by atoms with E-state index in [0.717, 1.165) is 31.7 Å². The van der Waals surface area contributed by atoms with Gasteiger partial charge in [-0.25, -0.2) is 0 Å². The van der Waals surface area contributed by atoms with E-state index < -0.39 is 0 Å². The Morgan fingerprint density at radius 1 is 1.08 bits per heavy atom. The van der Waals surface area contributed by atoms with Crippen LogP contribution in [-0.2, 0) is 9.47 Å². The van der Waals surface area contributed by atoms with Crippen LogP contribution in [0.15, 0.2) is 0 Å². The van der Waals surface area contributed by atoms with Crippen molar-refractivity contribution in [2.75, 3.05) is 19.8 Å². The lowest BCUT2D eigenvalue weighted by molar-refractivity contribution is -0.132. The van der Waals surface area contributed by atoms with Gasteiger partial charge in [0.1, 0.15) is 0 Å². The van der Waals surface area contributed by atoms with Crippen molar-refractivity contribution in [2.24, 2.45) is 17.8 Å². The number of ether oxygens (including phenoxy) is 2. The van der Waals surface area contributed by atoms with Gasteiger partial charge in [-0.3, -0.25) is 0 Å². The van der Waals surface area contributed by atoms with Crippen molar-refractivity contribution < 1.29 is 9.47 Å². The molecule has 2 aliphatic heterocycles. The molecule has 2 aliphatic rings. The predicted octanol–water partition coefficient (Wildman–Crippen LogP) is 1.69. The molecule has 2 heteroatoms. The molecule has 4 unspecified atom stereocenters. The molecule has 0 bridgehead atoms. The first-order valence-electron chi connectivity index (χ1n) is 4.98. The second-order valence-corrected chi connectivity index (χ2v) is 4.21. The highest BCUT2D eigenvalue weighted by Gasteiger charge is 2.37. The van der Waals surface area contributed by atoms with E-state index in [9.17, 15) is 0 Å². The van der Waals surface area contributed by atoms with E-state index in [1.165, 1.54) is 6.42 Å². The zero-order valence-electron chi connectivity index (χ0n) is 7.95. The molecule has 0 saturated carbocycles. The third-order valence-electron chi connectivity index (χ3n) is 3.41. The number of fused-ring (bicyclic) bond motifs is 1. The minimum Gasteiger partial charge on any atom is -0.381 e. The molecule has 0 aromatic heterocycles. The summed E-state index contributed by atoms with van der Waals surface area (Å²) in [6.07, 6.45) is 1.64. The van der Waals surface area contributed by atoms with Crippen molar-refractivity contribution in [1.29, 1.82) is 0 Å². The van der Waals surface area contributed by atoms with E-state index in [1.54, 1.807) is 0 Å². The van der Waals surface area contributed by atoms with Gasteiger partial charge in [0.05, 0.1) is 12.7 Å². The molecule has 2 saturated heterocycles. The molecular weight excluding hydrogens is 152 g/mol. The van der Waals surface area contributed by atoms with Gasteiger partial charge >= 0.3 is 0 Å². The Morgan fingerprint density at radius 2 is 1.92 bits per heavy atom. The number of hydrogen-bond acceptors (Lipinski definition) is 2. The van der Waals surface area contributed by atoms with Gasteiger partial charge in [0.15, 0.2) is 0 Å². The standard InChI is InChI=1S/C10H18O2/c1-7-5-12-8(2)10-6-11-4-3-9(7)10/h7-10H,3-6H2,1-2H3. The minimum absolute atomic E-state index is 0.409. The Hall–Kier alpha value is -0.0800. The maximum Gasteiger partial charge on any atom is 0.0600 e. The highest BCUT2D eigenvalue weighted by molar-refractivity contribution is 4.85. The molecule has 2 rings (SSSR count). The third-order valence-corrected chi connectivity index (χ3v) is 3.41. The topological polar surface area (TPSA) is 18.5 Å². The molecule has 70 valence electrons.